The minimum atomic E-state index is -2.79. The summed E-state index contributed by atoms with van der Waals surface area (Å²) in [6, 6.07) is 2.51. The van der Waals surface area contributed by atoms with Crippen LogP contribution in [0.25, 0.3) is 5.65 Å². The molecule has 9 nitrogen and oxygen atoms in total. The van der Waals surface area contributed by atoms with Crippen molar-refractivity contribution >= 4 is 23.1 Å². The zero-order chi connectivity index (χ0) is 26.1. The van der Waals surface area contributed by atoms with Crippen LogP contribution in [0.2, 0.25) is 0 Å². The molecule has 1 aliphatic heterocycles. The average molecular weight is 515 g/mol. The van der Waals surface area contributed by atoms with Gasteiger partial charge in [0.15, 0.2) is 11.3 Å². The molecule has 1 aliphatic carbocycles. The van der Waals surface area contributed by atoms with Crippen LogP contribution in [0.15, 0.2) is 24.7 Å². The van der Waals surface area contributed by atoms with E-state index in [4.69, 9.17) is 4.98 Å². The third-order valence-corrected chi connectivity index (χ3v) is 8.10. The highest BCUT2D eigenvalue weighted by atomic mass is 19.3. The highest BCUT2D eigenvalue weighted by Gasteiger charge is 2.27. The SMILES string of the molecule is CCC1CCC(n2cc(NC(=O)c3cnn4ccc(N5CCC(N(C)C)CC5)nc34)c(C(F)F)n2)CC1. The predicted octanol–water partition coefficient (Wildman–Crippen LogP) is 4.79. The van der Waals surface area contributed by atoms with Crippen molar-refractivity contribution in [2.24, 2.45) is 5.92 Å². The standard InChI is InChI=1S/C26H36F2N8O/c1-4-17-5-7-19(8-6-17)36-16-21(23(32-36)24(27)28)30-26(37)20-15-29-35-14-11-22(31-25(20)35)34-12-9-18(10-13-34)33(2)3/h11,14-19,24H,4-10,12-13H2,1-3H3,(H,30,37). The Labute approximate surface area is 215 Å². The van der Waals surface area contributed by atoms with Crippen LogP contribution in [0.3, 0.4) is 0 Å². The normalized spacial score (nSPS) is 21.3. The van der Waals surface area contributed by atoms with E-state index in [1.54, 1.807) is 17.1 Å². The molecule has 0 unspecified atom stereocenters. The second kappa shape index (κ2) is 10.7. The lowest BCUT2D eigenvalue weighted by Crippen LogP contribution is -2.42. The van der Waals surface area contributed by atoms with Crippen LogP contribution < -0.4 is 10.2 Å². The van der Waals surface area contributed by atoms with Crippen molar-refractivity contribution in [3.63, 3.8) is 0 Å². The van der Waals surface area contributed by atoms with Crippen molar-refractivity contribution in [2.45, 2.75) is 70.4 Å². The fourth-order valence-corrected chi connectivity index (χ4v) is 5.66. The van der Waals surface area contributed by atoms with Crippen molar-refractivity contribution in [1.29, 1.82) is 0 Å². The van der Waals surface area contributed by atoms with Crippen molar-refractivity contribution in [3.05, 3.63) is 35.9 Å². The lowest BCUT2D eigenvalue weighted by Gasteiger charge is -2.35. The second-order valence-corrected chi connectivity index (χ2v) is 10.5. The molecule has 3 aromatic heterocycles. The molecule has 0 atom stereocenters. The monoisotopic (exact) mass is 514 g/mol. The number of piperidine rings is 1. The van der Waals surface area contributed by atoms with Gasteiger partial charge in [-0.2, -0.15) is 10.2 Å². The van der Waals surface area contributed by atoms with Gasteiger partial charge in [0.05, 0.1) is 17.9 Å². The maximum absolute atomic E-state index is 13.8. The number of carbonyl (C=O) groups is 1. The Kier molecular flexibility index (Phi) is 7.41. The molecule has 0 spiro atoms. The largest absolute Gasteiger partial charge is 0.356 e. The van der Waals surface area contributed by atoms with E-state index in [0.717, 1.165) is 63.9 Å². The summed E-state index contributed by atoms with van der Waals surface area (Å²) >= 11 is 0. The molecule has 3 aromatic rings. The Balaban J connectivity index is 1.34. The van der Waals surface area contributed by atoms with E-state index in [-0.39, 0.29) is 17.3 Å². The maximum Gasteiger partial charge on any atom is 0.284 e. The highest BCUT2D eigenvalue weighted by molar-refractivity contribution is 6.08. The summed E-state index contributed by atoms with van der Waals surface area (Å²) in [6.07, 6.45) is 9.12. The topological polar surface area (TPSA) is 83.6 Å². The van der Waals surface area contributed by atoms with Crippen LogP contribution in [0.5, 0.6) is 0 Å². The van der Waals surface area contributed by atoms with E-state index in [1.165, 1.54) is 10.7 Å². The summed E-state index contributed by atoms with van der Waals surface area (Å²) in [5.74, 6) is 0.943. The van der Waals surface area contributed by atoms with Crippen LogP contribution in [-0.4, -0.2) is 68.4 Å². The molecule has 1 amide bonds. The first kappa shape index (κ1) is 25.6. The second-order valence-electron chi connectivity index (χ2n) is 10.5. The van der Waals surface area contributed by atoms with Gasteiger partial charge in [0, 0.05) is 31.5 Å². The number of alkyl halides is 2. The van der Waals surface area contributed by atoms with Gasteiger partial charge in [0.2, 0.25) is 0 Å². The molecule has 200 valence electrons. The lowest BCUT2D eigenvalue weighted by atomic mass is 9.85. The van der Waals surface area contributed by atoms with Gasteiger partial charge in [0.1, 0.15) is 11.4 Å². The minimum Gasteiger partial charge on any atom is -0.356 e. The molecule has 0 radical (unpaired) electrons. The minimum absolute atomic E-state index is 0.0406. The Morgan fingerprint density at radius 3 is 2.54 bits per heavy atom. The molecule has 4 heterocycles. The number of nitrogens with zero attached hydrogens (tertiary/aromatic N) is 7. The van der Waals surface area contributed by atoms with E-state index >= 15 is 0 Å². The van der Waals surface area contributed by atoms with Crippen LogP contribution in [0.1, 0.15) is 80.4 Å². The van der Waals surface area contributed by atoms with Crippen molar-refractivity contribution < 1.29 is 13.6 Å². The molecule has 0 aromatic carbocycles. The smallest absolute Gasteiger partial charge is 0.284 e. The van der Waals surface area contributed by atoms with Gasteiger partial charge < -0.3 is 15.1 Å². The van der Waals surface area contributed by atoms with Crippen molar-refractivity contribution in [3.8, 4) is 0 Å². The first-order chi connectivity index (χ1) is 17.8. The molecule has 37 heavy (non-hydrogen) atoms. The van der Waals surface area contributed by atoms with Crippen LogP contribution in [0.4, 0.5) is 20.3 Å². The zero-order valence-electron chi connectivity index (χ0n) is 21.8. The molecule has 2 aliphatic rings. The van der Waals surface area contributed by atoms with Gasteiger partial charge in [0.25, 0.3) is 12.3 Å². The molecular formula is C26H36F2N8O. The molecule has 1 saturated heterocycles. The zero-order valence-corrected chi connectivity index (χ0v) is 21.8. The number of amides is 1. The van der Waals surface area contributed by atoms with Gasteiger partial charge in [-0.1, -0.05) is 13.3 Å². The maximum atomic E-state index is 13.8. The molecule has 1 saturated carbocycles. The Morgan fingerprint density at radius 2 is 1.89 bits per heavy atom. The van der Waals surface area contributed by atoms with E-state index in [9.17, 15) is 13.6 Å². The lowest BCUT2D eigenvalue weighted by molar-refractivity contribution is 0.102. The van der Waals surface area contributed by atoms with Gasteiger partial charge in [-0.3, -0.25) is 9.48 Å². The van der Waals surface area contributed by atoms with E-state index in [1.807, 2.05) is 6.07 Å². The Hall–Kier alpha value is -3.08. The summed E-state index contributed by atoms with van der Waals surface area (Å²) in [5.41, 5.74) is 0.272. The quantitative estimate of drug-likeness (QED) is 0.488. The highest BCUT2D eigenvalue weighted by Crippen LogP contribution is 2.36. The number of anilines is 2. The molecule has 11 heteroatoms. The fourth-order valence-electron chi connectivity index (χ4n) is 5.66. The molecule has 2 fully saturated rings. The molecule has 0 bridgehead atoms. The third kappa shape index (κ3) is 5.32. The van der Waals surface area contributed by atoms with E-state index in [0.29, 0.717) is 17.6 Å². The molecule has 5 rings (SSSR count). The average Bonchev–Trinajstić information content (AvgIpc) is 3.53. The van der Waals surface area contributed by atoms with Crippen LogP contribution in [-0.2, 0) is 0 Å². The first-order valence-corrected chi connectivity index (χ1v) is 13.3. The number of fused-ring (bicyclic) bond motifs is 1. The van der Waals surface area contributed by atoms with Crippen molar-refractivity contribution in [2.75, 3.05) is 37.4 Å². The van der Waals surface area contributed by atoms with Gasteiger partial charge >= 0.3 is 0 Å². The van der Waals surface area contributed by atoms with Crippen molar-refractivity contribution in [1.82, 2.24) is 29.3 Å². The fraction of sp³-hybridized carbons (Fsp3) is 0.615. The Bertz CT molecular complexity index is 1220. The van der Waals surface area contributed by atoms with Gasteiger partial charge in [-0.25, -0.2) is 18.3 Å². The third-order valence-electron chi connectivity index (χ3n) is 8.10. The number of hydrogen-bond donors (Lipinski definition) is 1. The summed E-state index contributed by atoms with van der Waals surface area (Å²) in [4.78, 5) is 22.4. The van der Waals surface area contributed by atoms with Crippen LogP contribution in [0, 0.1) is 5.92 Å². The number of carbonyl (C=O) groups excluding carboxylic acids is 1. The number of aromatic nitrogens is 5. The van der Waals surface area contributed by atoms with Crippen LogP contribution >= 0.6 is 0 Å². The summed E-state index contributed by atoms with van der Waals surface area (Å²) in [7, 11) is 4.20. The molecular weight excluding hydrogens is 478 g/mol. The van der Waals surface area contributed by atoms with E-state index in [2.05, 4.69) is 46.3 Å². The van der Waals surface area contributed by atoms with Gasteiger partial charge in [-0.05, 0) is 64.6 Å². The Morgan fingerprint density at radius 1 is 1.16 bits per heavy atom. The summed E-state index contributed by atoms with van der Waals surface area (Å²) < 4.78 is 30.8. The predicted molar refractivity (Wildman–Crippen MR) is 138 cm³/mol. The number of rotatable bonds is 7. The van der Waals surface area contributed by atoms with Gasteiger partial charge in [-0.15, -0.1) is 0 Å². The first-order valence-electron chi connectivity index (χ1n) is 13.3. The molecule has 1 N–H and O–H groups in total. The summed E-state index contributed by atoms with van der Waals surface area (Å²) in [5, 5.41) is 11.1. The number of nitrogens with one attached hydrogen (secondary N) is 1. The summed E-state index contributed by atoms with van der Waals surface area (Å²) in [6.45, 7) is 3.93. The number of hydrogen-bond acceptors (Lipinski definition) is 6. The van der Waals surface area contributed by atoms with E-state index < -0.39 is 18.0 Å². The number of halogens is 2.